The van der Waals surface area contributed by atoms with E-state index >= 15 is 0 Å². The largest absolute Gasteiger partial charge is 0.352 e. The molecule has 0 aliphatic carbocycles. The summed E-state index contributed by atoms with van der Waals surface area (Å²) in [6, 6.07) is 17.5. The van der Waals surface area contributed by atoms with Gasteiger partial charge in [-0.3, -0.25) is 0 Å². The van der Waals surface area contributed by atoms with Gasteiger partial charge in [0.15, 0.2) is 0 Å². The summed E-state index contributed by atoms with van der Waals surface area (Å²) < 4.78 is 5.49. The quantitative estimate of drug-likeness (QED) is 0.746. The first kappa shape index (κ1) is 14.6. The highest BCUT2D eigenvalue weighted by Crippen LogP contribution is 2.37. The molecule has 22 heavy (non-hydrogen) atoms. The van der Waals surface area contributed by atoms with Gasteiger partial charge in [0.25, 0.3) is 0 Å². The lowest BCUT2D eigenvalue weighted by atomic mass is 10.0. The fourth-order valence-electron chi connectivity index (χ4n) is 2.27. The number of hydrogen-bond acceptors (Lipinski definition) is 4. The maximum Gasteiger partial charge on any atom is 0.233 e. The van der Waals surface area contributed by atoms with Gasteiger partial charge in [0, 0.05) is 23.7 Å². The molecule has 5 heteroatoms. The molecule has 0 saturated carbocycles. The minimum Gasteiger partial charge on any atom is -0.352 e. The van der Waals surface area contributed by atoms with Gasteiger partial charge in [0.05, 0.1) is 5.56 Å². The Kier molecular flexibility index (Phi) is 4.42. The number of nitrogens with one attached hydrogen (secondary N) is 1. The van der Waals surface area contributed by atoms with Crippen LogP contribution in [-0.4, -0.2) is 18.2 Å². The second-order valence-corrected chi connectivity index (χ2v) is 5.26. The van der Waals surface area contributed by atoms with Crippen molar-refractivity contribution in [2.45, 2.75) is 0 Å². The molecule has 1 aromatic heterocycles. The topological polar surface area (TPSA) is 64.1 Å². The van der Waals surface area contributed by atoms with Crippen LogP contribution < -0.4 is 11.1 Å². The van der Waals surface area contributed by atoms with Crippen molar-refractivity contribution in [3.8, 4) is 22.4 Å². The fraction of sp³-hybridized carbons (Fsp3) is 0.118. The average molecular weight is 314 g/mol. The van der Waals surface area contributed by atoms with Crippen LogP contribution in [-0.2, 0) is 0 Å². The van der Waals surface area contributed by atoms with Gasteiger partial charge in [-0.25, -0.2) is 0 Å². The summed E-state index contributed by atoms with van der Waals surface area (Å²) in [5.74, 6) is 0.617. The van der Waals surface area contributed by atoms with Gasteiger partial charge < -0.3 is 15.6 Å². The standard InChI is InChI=1S/C17H16ClN3O/c18-14-8-6-12(7-9-14)15-16(13-4-2-1-3-5-13)21-22-17(15)20-11-10-19/h1-9,20H,10-11,19H2. The van der Waals surface area contributed by atoms with E-state index < -0.39 is 0 Å². The van der Waals surface area contributed by atoms with Crippen molar-refractivity contribution in [1.29, 1.82) is 0 Å². The lowest BCUT2D eigenvalue weighted by Crippen LogP contribution is -2.13. The van der Waals surface area contributed by atoms with E-state index in [9.17, 15) is 0 Å². The summed E-state index contributed by atoms with van der Waals surface area (Å²) in [5.41, 5.74) is 9.26. The SMILES string of the molecule is NCCNc1onc(-c2ccccc2)c1-c1ccc(Cl)cc1. The number of aromatic nitrogens is 1. The number of halogens is 1. The number of nitrogens with two attached hydrogens (primary N) is 1. The normalized spacial score (nSPS) is 10.6. The lowest BCUT2D eigenvalue weighted by Gasteiger charge is -2.06. The maximum absolute atomic E-state index is 5.98. The molecule has 0 unspecified atom stereocenters. The van der Waals surface area contributed by atoms with E-state index in [4.69, 9.17) is 21.9 Å². The number of rotatable bonds is 5. The Balaban J connectivity index is 2.11. The Morgan fingerprint density at radius 2 is 1.73 bits per heavy atom. The van der Waals surface area contributed by atoms with E-state index in [1.807, 2.05) is 54.6 Å². The van der Waals surface area contributed by atoms with Crippen LogP contribution >= 0.6 is 11.6 Å². The van der Waals surface area contributed by atoms with E-state index in [1.165, 1.54) is 0 Å². The molecule has 0 aliphatic rings. The van der Waals surface area contributed by atoms with Crippen LogP contribution in [0.3, 0.4) is 0 Å². The summed E-state index contributed by atoms with van der Waals surface area (Å²) in [5, 5.41) is 8.10. The van der Waals surface area contributed by atoms with Gasteiger partial charge >= 0.3 is 0 Å². The van der Waals surface area contributed by atoms with Crippen LogP contribution in [0, 0.1) is 0 Å². The molecular formula is C17H16ClN3O. The molecule has 0 saturated heterocycles. The van der Waals surface area contributed by atoms with Crippen molar-refractivity contribution in [2.24, 2.45) is 5.73 Å². The van der Waals surface area contributed by atoms with Gasteiger partial charge in [-0.05, 0) is 17.7 Å². The summed E-state index contributed by atoms with van der Waals surface area (Å²) in [4.78, 5) is 0. The Morgan fingerprint density at radius 1 is 1.00 bits per heavy atom. The number of nitrogens with zero attached hydrogens (tertiary/aromatic N) is 1. The second kappa shape index (κ2) is 6.64. The predicted octanol–water partition coefficient (Wildman–Crippen LogP) is 4.03. The zero-order valence-electron chi connectivity index (χ0n) is 11.9. The minimum atomic E-state index is 0.515. The molecular weight excluding hydrogens is 298 g/mol. The third kappa shape index (κ3) is 2.98. The van der Waals surface area contributed by atoms with Crippen molar-refractivity contribution in [3.63, 3.8) is 0 Å². The third-order valence-electron chi connectivity index (χ3n) is 3.30. The molecule has 0 fully saturated rings. The highest BCUT2D eigenvalue weighted by molar-refractivity contribution is 6.30. The molecule has 0 bridgehead atoms. The average Bonchev–Trinajstić information content (AvgIpc) is 2.98. The van der Waals surface area contributed by atoms with Crippen molar-refractivity contribution in [1.82, 2.24) is 5.16 Å². The number of anilines is 1. The second-order valence-electron chi connectivity index (χ2n) is 4.82. The van der Waals surface area contributed by atoms with E-state index in [0.29, 0.717) is 24.0 Å². The number of benzene rings is 2. The van der Waals surface area contributed by atoms with Crippen molar-refractivity contribution >= 4 is 17.5 Å². The zero-order valence-corrected chi connectivity index (χ0v) is 12.7. The highest BCUT2D eigenvalue weighted by Gasteiger charge is 2.18. The molecule has 0 amide bonds. The molecule has 112 valence electrons. The van der Waals surface area contributed by atoms with Gasteiger partial charge in [0.1, 0.15) is 5.69 Å². The van der Waals surface area contributed by atoms with Crippen LogP contribution in [0.25, 0.3) is 22.4 Å². The van der Waals surface area contributed by atoms with E-state index in [-0.39, 0.29) is 0 Å². The van der Waals surface area contributed by atoms with Gasteiger partial charge in [-0.15, -0.1) is 0 Å². The first-order chi connectivity index (χ1) is 10.8. The van der Waals surface area contributed by atoms with Crippen LogP contribution in [0.2, 0.25) is 5.02 Å². The summed E-state index contributed by atoms with van der Waals surface area (Å²) in [6.45, 7) is 1.13. The molecule has 0 atom stereocenters. The summed E-state index contributed by atoms with van der Waals surface area (Å²) in [6.07, 6.45) is 0. The van der Waals surface area contributed by atoms with E-state index in [1.54, 1.807) is 0 Å². The molecule has 0 radical (unpaired) electrons. The molecule has 2 aromatic carbocycles. The van der Waals surface area contributed by atoms with E-state index in [2.05, 4.69) is 10.5 Å². The van der Waals surface area contributed by atoms with Gasteiger partial charge in [-0.2, -0.15) is 0 Å². The van der Waals surface area contributed by atoms with Crippen LogP contribution in [0.1, 0.15) is 0 Å². The molecule has 3 N–H and O–H groups in total. The lowest BCUT2D eigenvalue weighted by molar-refractivity contribution is 0.435. The van der Waals surface area contributed by atoms with Crippen LogP contribution in [0.4, 0.5) is 5.88 Å². The minimum absolute atomic E-state index is 0.515. The fourth-order valence-corrected chi connectivity index (χ4v) is 2.40. The third-order valence-corrected chi connectivity index (χ3v) is 3.55. The summed E-state index contributed by atoms with van der Waals surface area (Å²) >= 11 is 5.98. The maximum atomic E-state index is 5.98. The number of hydrogen-bond donors (Lipinski definition) is 2. The molecule has 3 aromatic rings. The van der Waals surface area contributed by atoms with Gasteiger partial charge in [0.2, 0.25) is 5.88 Å². The van der Waals surface area contributed by atoms with Gasteiger partial charge in [-0.1, -0.05) is 59.2 Å². The smallest absolute Gasteiger partial charge is 0.233 e. The Hall–Kier alpha value is -2.30. The molecule has 0 spiro atoms. The Bertz CT molecular complexity index is 738. The first-order valence-corrected chi connectivity index (χ1v) is 7.42. The Labute approximate surface area is 133 Å². The first-order valence-electron chi connectivity index (χ1n) is 7.04. The monoisotopic (exact) mass is 313 g/mol. The van der Waals surface area contributed by atoms with Crippen molar-refractivity contribution in [3.05, 3.63) is 59.6 Å². The van der Waals surface area contributed by atoms with Crippen LogP contribution in [0.5, 0.6) is 0 Å². The zero-order chi connectivity index (χ0) is 15.4. The summed E-state index contributed by atoms with van der Waals surface area (Å²) in [7, 11) is 0. The van der Waals surface area contributed by atoms with E-state index in [0.717, 1.165) is 22.4 Å². The van der Waals surface area contributed by atoms with Crippen LogP contribution in [0.15, 0.2) is 59.1 Å². The van der Waals surface area contributed by atoms with Crippen molar-refractivity contribution in [2.75, 3.05) is 18.4 Å². The predicted molar refractivity (Wildman–Crippen MR) is 89.9 cm³/mol. The molecule has 0 aliphatic heterocycles. The Morgan fingerprint density at radius 3 is 2.41 bits per heavy atom. The highest BCUT2D eigenvalue weighted by atomic mass is 35.5. The molecule has 3 rings (SSSR count). The molecule has 4 nitrogen and oxygen atoms in total. The molecule has 1 heterocycles. The van der Waals surface area contributed by atoms with Crippen molar-refractivity contribution < 1.29 is 4.52 Å².